The zero-order valence-corrected chi connectivity index (χ0v) is 8.25. The molecule has 2 aromatic rings. The number of halogens is 1. The smallest absolute Gasteiger partial charge is 0.248 e. The average Bonchev–Trinajstić information content (AvgIpc) is 2.17. The molecule has 1 aromatic carbocycles. The summed E-state index contributed by atoms with van der Waals surface area (Å²) in [6, 6.07) is 8.01. The van der Waals surface area contributed by atoms with Gasteiger partial charge in [-0.3, -0.25) is 4.79 Å². The number of H-pyrrole nitrogens is 1. The molecule has 0 bridgehead atoms. The minimum Gasteiger partial charge on any atom is -0.329 e. The van der Waals surface area contributed by atoms with Crippen LogP contribution in [0.3, 0.4) is 0 Å². The summed E-state index contributed by atoms with van der Waals surface area (Å²) in [7, 11) is 0. The number of benzene rings is 1. The Hall–Kier alpha value is -1.90. The van der Waals surface area contributed by atoms with Gasteiger partial charge in [-0.05, 0) is 30.2 Å². The zero-order valence-electron chi connectivity index (χ0n) is 8.25. The van der Waals surface area contributed by atoms with Crippen LogP contribution in [0.15, 0.2) is 41.3 Å². The van der Waals surface area contributed by atoms with Crippen molar-refractivity contribution in [3.63, 3.8) is 0 Å². The molecular weight excluding hydrogens is 193 g/mol. The third-order valence-corrected chi connectivity index (χ3v) is 2.21. The van der Waals surface area contributed by atoms with E-state index in [4.69, 9.17) is 0 Å². The maximum absolute atomic E-state index is 13.6. The molecule has 76 valence electrons. The van der Waals surface area contributed by atoms with Crippen molar-refractivity contribution in [2.75, 3.05) is 0 Å². The molecule has 0 saturated heterocycles. The molecule has 1 aromatic heterocycles. The van der Waals surface area contributed by atoms with Crippen LogP contribution in [0.25, 0.3) is 11.1 Å². The molecular formula is C12H10FNO. The van der Waals surface area contributed by atoms with E-state index in [-0.39, 0.29) is 11.4 Å². The molecule has 0 atom stereocenters. The summed E-state index contributed by atoms with van der Waals surface area (Å²) in [5.74, 6) is -0.305. The maximum Gasteiger partial charge on any atom is 0.248 e. The number of nitrogens with one attached hydrogen (secondary N) is 1. The van der Waals surface area contributed by atoms with Gasteiger partial charge in [0.15, 0.2) is 0 Å². The van der Waals surface area contributed by atoms with Crippen LogP contribution in [-0.2, 0) is 0 Å². The van der Waals surface area contributed by atoms with Gasteiger partial charge in [0.05, 0.1) is 0 Å². The lowest BCUT2D eigenvalue weighted by Crippen LogP contribution is -2.02. The minimum atomic E-state index is -0.305. The van der Waals surface area contributed by atoms with Crippen molar-refractivity contribution in [3.05, 3.63) is 58.3 Å². The van der Waals surface area contributed by atoms with Gasteiger partial charge in [0.2, 0.25) is 5.56 Å². The quantitative estimate of drug-likeness (QED) is 0.758. The number of aromatic nitrogens is 1. The third-order valence-electron chi connectivity index (χ3n) is 2.21. The fourth-order valence-electron chi connectivity index (χ4n) is 1.47. The van der Waals surface area contributed by atoms with Gasteiger partial charge in [0.1, 0.15) is 5.82 Å². The van der Waals surface area contributed by atoms with Crippen LogP contribution in [0.2, 0.25) is 0 Å². The molecule has 0 fully saturated rings. The lowest BCUT2D eigenvalue weighted by Gasteiger charge is -2.03. The first-order valence-corrected chi connectivity index (χ1v) is 4.62. The highest BCUT2D eigenvalue weighted by molar-refractivity contribution is 5.63. The van der Waals surface area contributed by atoms with Gasteiger partial charge in [-0.15, -0.1) is 0 Å². The number of aryl methyl sites for hydroxylation is 1. The summed E-state index contributed by atoms with van der Waals surface area (Å²) < 4.78 is 13.6. The lowest BCUT2D eigenvalue weighted by atomic mass is 10.0. The van der Waals surface area contributed by atoms with E-state index in [2.05, 4.69) is 4.98 Å². The normalized spacial score (nSPS) is 10.3. The molecule has 3 heteroatoms. The summed E-state index contributed by atoms with van der Waals surface area (Å²) in [6.07, 6.45) is 1.51. The van der Waals surface area contributed by atoms with Crippen LogP contribution in [0, 0.1) is 12.7 Å². The van der Waals surface area contributed by atoms with Crippen LogP contribution >= 0.6 is 0 Å². The summed E-state index contributed by atoms with van der Waals surface area (Å²) in [5, 5.41) is 0. The molecule has 0 saturated carbocycles. The van der Waals surface area contributed by atoms with Crippen LogP contribution in [-0.4, -0.2) is 4.98 Å². The molecule has 2 rings (SSSR count). The molecule has 0 aliphatic rings. The van der Waals surface area contributed by atoms with E-state index in [0.29, 0.717) is 11.1 Å². The Bertz CT molecular complexity index is 545. The highest BCUT2D eigenvalue weighted by Gasteiger charge is 2.04. The van der Waals surface area contributed by atoms with Gasteiger partial charge in [0.25, 0.3) is 0 Å². The molecule has 1 N–H and O–H groups in total. The van der Waals surface area contributed by atoms with Gasteiger partial charge >= 0.3 is 0 Å². The Balaban J connectivity index is 2.59. The summed E-state index contributed by atoms with van der Waals surface area (Å²) in [5.41, 5.74) is 1.68. The van der Waals surface area contributed by atoms with Gasteiger partial charge in [-0.2, -0.15) is 0 Å². The fourth-order valence-corrected chi connectivity index (χ4v) is 1.47. The fraction of sp³-hybridized carbons (Fsp3) is 0.0833. The summed E-state index contributed by atoms with van der Waals surface area (Å²) >= 11 is 0. The van der Waals surface area contributed by atoms with Gasteiger partial charge in [0, 0.05) is 17.8 Å². The van der Waals surface area contributed by atoms with Crippen molar-refractivity contribution in [2.45, 2.75) is 6.92 Å². The number of rotatable bonds is 1. The highest BCUT2D eigenvalue weighted by Crippen LogP contribution is 2.21. The van der Waals surface area contributed by atoms with Crippen molar-refractivity contribution in [1.82, 2.24) is 4.98 Å². The van der Waals surface area contributed by atoms with E-state index < -0.39 is 0 Å². The molecule has 2 nitrogen and oxygen atoms in total. The first kappa shape index (κ1) is 9.65. The molecule has 1 heterocycles. The molecule has 0 radical (unpaired) electrons. The van der Waals surface area contributed by atoms with E-state index >= 15 is 0 Å². The molecule has 0 aliphatic heterocycles. The Labute approximate surface area is 86.4 Å². The predicted molar refractivity (Wildman–Crippen MR) is 57.2 cm³/mol. The second kappa shape index (κ2) is 3.69. The van der Waals surface area contributed by atoms with Crippen molar-refractivity contribution in [1.29, 1.82) is 0 Å². The second-order valence-electron chi connectivity index (χ2n) is 3.42. The molecule has 0 aliphatic carbocycles. The maximum atomic E-state index is 13.6. The van der Waals surface area contributed by atoms with Crippen molar-refractivity contribution >= 4 is 0 Å². The third kappa shape index (κ3) is 1.96. The molecule has 0 spiro atoms. The predicted octanol–water partition coefficient (Wildman–Crippen LogP) is 2.49. The Morgan fingerprint density at radius 3 is 2.67 bits per heavy atom. The number of hydrogen-bond acceptors (Lipinski definition) is 1. The molecule has 0 amide bonds. The lowest BCUT2D eigenvalue weighted by molar-refractivity contribution is 0.630. The van der Waals surface area contributed by atoms with Crippen molar-refractivity contribution in [3.8, 4) is 11.1 Å². The second-order valence-corrected chi connectivity index (χ2v) is 3.42. The molecule has 0 unspecified atom stereocenters. The van der Waals surface area contributed by atoms with E-state index in [1.807, 2.05) is 13.0 Å². The van der Waals surface area contributed by atoms with E-state index in [1.165, 1.54) is 18.3 Å². The van der Waals surface area contributed by atoms with Crippen LogP contribution in [0.5, 0.6) is 0 Å². The Kier molecular flexibility index (Phi) is 2.37. The first-order chi connectivity index (χ1) is 7.16. The van der Waals surface area contributed by atoms with Gasteiger partial charge in [-0.1, -0.05) is 12.1 Å². The topological polar surface area (TPSA) is 32.9 Å². The number of pyridine rings is 1. The van der Waals surface area contributed by atoms with E-state index in [9.17, 15) is 9.18 Å². The van der Waals surface area contributed by atoms with Gasteiger partial charge in [-0.25, -0.2) is 4.39 Å². The SMILES string of the molecule is Cc1ccc(-c2cc[nH]c(=O)c2)c(F)c1. The van der Waals surface area contributed by atoms with Gasteiger partial charge < -0.3 is 4.98 Å². The highest BCUT2D eigenvalue weighted by atomic mass is 19.1. The minimum absolute atomic E-state index is 0.229. The van der Waals surface area contributed by atoms with Crippen molar-refractivity contribution in [2.24, 2.45) is 0 Å². The standard InChI is InChI=1S/C12H10FNO/c1-8-2-3-10(11(13)6-8)9-4-5-14-12(15)7-9/h2-7H,1H3,(H,14,15). The zero-order chi connectivity index (χ0) is 10.8. The average molecular weight is 203 g/mol. The monoisotopic (exact) mass is 203 g/mol. The first-order valence-electron chi connectivity index (χ1n) is 4.62. The van der Waals surface area contributed by atoms with Crippen LogP contribution < -0.4 is 5.56 Å². The van der Waals surface area contributed by atoms with E-state index in [0.717, 1.165) is 5.56 Å². The van der Waals surface area contributed by atoms with Crippen LogP contribution in [0.1, 0.15) is 5.56 Å². The van der Waals surface area contributed by atoms with Crippen LogP contribution in [0.4, 0.5) is 4.39 Å². The molecule has 15 heavy (non-hydrogen) atoms. The summed E-state index contributed by atoms with van der Waals surface area (Å²) in [4.78, 5) is 13.6. The Morgan fingerprint density at radius 2 is 2.00 bits per heavy atom. The number of aromatic amines is 1. The summed E-state index contributed by atoms with van der Waals surface area (Å²) in [6.45, 7) is 1.82. The van der Waals surface area contributed by atoms with E-state index in [1.54, 1.807) is 12.1 Å². The van der Waals surface area contributed by atoms with Crippen molar-refractivity contribution < 1.29 is 4.39 Å². The Morgan fingerprint density at radius 1 is 1.20 bits per heavy atom. The largest absolute Gasteiger partial charge is 0.329 e. The number of hydrogen-bond donors (Lipinski definition) is 1.